The van der Waals surface area contributed by atoms with Crippen LogP contribution < -0.4 is 9.64 Å². The Morgan fingerprint density at radius 2 is 1.88 bits per heavy atom. The van der Waals surface area contributed by atoms with Crippen LogP contribution in [0.25, 0.3) is 22.0 Å². The topological polar surface area (TPSA) is 96.0 Å². The van der Waals surface area contributed by atoms with Gasteiger partial charge < -0.3 is 28.1 Å². The lowest BCUT2D eigenvalue weighted by Gasteiger charge is -2.14. The molecule has 9 heteroatoms. The van der Waals surface area contributed by atoms with E-state index in [-0.39, 0.29) is 24.9 Å². The lowest BCUT2D eigenvalue weighted by molar-refractivity contribution is -0.141. The van der Waals surface area contributed by atoms with E-state index in [1.165, 1.54) is 14.2 Å². The van der Waals surface area contributed by atoms with Gasteiger partial charge in [-0.05, 0) is 42.3 Å². The summed E-state index contributed by atoms with van der Waals surface area (Å²) in [6.07, 6.45) is 2.63. The first-order chi connectivity index (χ1) is 16.5. The predicted molar refractivity (Wildman–Crippen MR) is 127 cm³/mol. The molecule has 0 radical (unpaired) electrons. The van der Waals surface area contributed by atoms with Gasteiger partial charge in [-0.2, -0.15) is 4.98 Å². The van der Waals surface area contributed by atoms with E-state index < -0.39 is 0 Å². The highest BCUT2D eigenvalue weighted by molar-refractivity contribution is 5.90. The summed E-state index contributed by atoms with van der Waals surface area (Å²) in [5, 5.41) is 0.829. The van der Waals surface area contributed by atoms with Crippen molar-refractivity contribution in [1.29, 1.82) is 0 Å². The molecule has 0 aliphatic rings. The summed E-state index contributed by atoms with van der Waals surface area (Å²) >= 11 is 0. The summed E-state index contributed by atoms with van der Waals surface area (Å²) in [5.74, 6) is -0.0467. The van der Waals surface area contributed by atoms with E-state index in [9.17, 15) is 9.59 Å². The minimum absolute atomic E-state index is 0.0521. The maximum Gasteiger partial charge on any atom is 0.325 e. The summed E-state index contributed by atoms with van der Waals surface area (Å²) < 4.78 is 23.1. The van der Waals surface area contributed by atoms with Gasteiger partial charge >= 0.3 is 11.9 Å². The average molecular weight is 466 g/mol. The number of esters is 2. The molecule has 178 valence electrons. The summed E-state index contributed by atoms with van der Waals surface area (Å²) in [6.45, 7) is 1.25. The van der Waals surface area contributed by atoms with Crippen molar-refractivity contribution in [2.75, 3.05) is 39.3 Å². The number of carbonyl (C=O) groups excluding carboxylic acids is 2. The first-order valence-corrected chi connectivity index (χ1v) is 10.9. The number of ether oxygens (including phenoxy) is 3. The minimum Gasteiger partial charge on any atom is -0.494 e. The van der Waals surface area contributed by atoms with Crippen LogP contribution in [-0.2, 0) is 32.0 Å². The van der Waals surface area contributed by atoms with Crippen LogP contribution in [0.15, 0.2) is 53.1 Å². The molecule has 34 heavy (non-hydrogen) atoms. The summed E-state index contributed by atoms with van der Waals surface area (Å²) in [7, 11) is 4.62. The van der Waals surface area contributed by atoms with Crippen molar-refractivity contribution < 1.29 is 28.2 Å². The van der Waals surface area contributed by atoms with Crippen molar-refractivity contribution in [3.63, 3.8) is 0 Å². The standard InChI is InChI=1S/C25H27N3O6/c1-27(25-26-20-7-4-5-8-22(20)34-25)11-6-12-33-18-9-10-21-19(14-18)17(13-23(29)31-2)15-28(21)16-24(30)32-3/h4-5,7-10,14-15H,6,11-13,16H2,1-3H3. The molecule has 0 N–H and O–H groups in total. The summed E-state index contributed by atoms with van der Waals surface area (Å²) in [6, 6.07) is 13.8. The quantitative estimate of drug-likeness (QED) is 0.259. The maximum atomic E-state index is 11.9. The number of carbonyl (C=O) groups is 2. The molecule has 0 spiro atoms. The Bertz CT molecular complexity index is 1280. The van der Waals surface area contributed by atoms with Gasteiger partial charge in [0.15, 0.2) is 5.58 Å². The van der Waals surface area contributed by atoms with Crippen molar-refractivity contribution in [3.8, 4) is 5.75 Å². The van der Waals surface area contributed by atoms with Crippen LogP contribution in [-0.4, -0.2) is 55.9 Å². The fourth-order valence-electron chi connectivity index (χ4n) is 3.75. The SMILES string of the molecule is COC(=O)Cc1cn(CC(=O)OC)c2ccc(OCCCN(C)c3nc4ccccc4o3)cc12. The highest BCUT2D eigenvalue weighted by atomic mass is 16.5. The highest BCUT2D eigenvalue weighted by Crippen LogP contribution is 2.27. The molecule has 2 aromatic heterocycles. The van der Waals surface area contributed by atoms with Crippen molar-refractivity contribution >= 4 is 40.0 Å². The minimum atomic E-state index is -0.370. The Kier molecular flexibility index (Phi) is 7.01. The molecule has 0 amide bonds. The first kappa shape index (κ1) is 23.2. The van der Waals surface area contributed by atoms with E-state index in [0.717, 1.165) is 34.0 Å². The zero-order chi connectivity index (χ0) is 24.1. The number of anilines is 1. The van der Waals surface area contributed by atoms with E-state index in [1.807, 2.05) is 54.4 Å². The number of nitrogens with zero attached hydrogens (tertiary/aromatic N) is 3. The lowest BCUT2D eigenvalue weighted by Crippen LogP contribution is -2.20. The Morgan fingerprint density at radius 1 is 1.09 bits per heavy atom. The molecular formula is C25H27N3O6. The predicted octanol–water partition coefficient (Wildman–Crippen LogP) is 3.58. The number of aromatic nitrogens is 2. The number of benzene rings is 2. The van der Waals surface area contributed by atoms with Crippen molar-refractivity contribution in [3.05, 3.63) is 54.2 Å². The van der Waals surface area contributed by atoms with Crippen LogP contribution >= 0.6 is 0 Å². The Hall–Kier alpha value is -4.01. The third-order valence-corrected chi connectivity index (χ3v) is 5.54. The van der Waals surface area contributed by atoms with Crippen LogP contribution in [0.5, 0.6) is 5.75 Å². The van der Waals surface area contributed by atoms with Crippen LogP contribution in [0.3, 0.4) is 0 Å². The maximum absolute atomic E-state index is 11.9. The number of oxazole rings is 1. The molecule has 0 saturated heterocycles. The van der Waals surface area contributed by atoms with Crippen LogP contribution in [0.2, 0.25) is 0 Å². The van der Waals surface area contributed by atoms with E-state index in [2.05, 4.69) is 4.98 Å². The second-order valence-electron chi connectivity index (χ2n) is 7.88. The second kappa shape index (κ2) is 10.3. The summed E-state index contributed by atoms with van der Waals surface area (Å²) in [4.78, 5) is 30.1. The molecule has 4 aromatic rings. The molecule has 4 rings (SSSR count). The fraction of sp³-hybridized carbons (Fsp3) is 0.320. The van der Waals surface area contributed by atoms with Crippen LogP contribution in [0.4, 0.5) is 6.01 Å². The fourth-order valence-corrected chi connectivity index (χ4v) is 3.75. The zero-order valence-corrected chi connectivity index (χ0v) is 19.4. The van der Waals surface area contributed by atoms with Gasteiger partial charge in [0, 0.05) is 30.7 Å². The Morgan fingerprint density at radius 3 is 2.65 bits per heavy atom. The van der Waals surface area contributed by atoms with Crippen LogP contribution in [0, 0.1) is 0 Å². The molecule has 0 unspecified atom stereocenters. The molecule has 0 bridgehead atoms. The highest BCUT2D eigenvalue weighted by Gasteiger charge is 2.15. The molecule has 0 aliphatic carbocycles. The molecule has 2 aromatic carbocycles. The van der Waals surface area contributed by atoms with Gasteiger partial charge in [0.05, 0.1) is 27.2 Å². The normalized spacial score (nSPS) is 11.0. The molecule has 2 heterocycles. The molecule has 0 atom stereocenters. The number of methoxy groups -OCH3 is 2. The zero-order valence-electron chi connectivity index (χ0n) is 19.4. The van der Waals surface area contributed by atoms with Gasteiger partial charge in [-0.1, -0.05) is 12.1 Å². The Balaban J connectivity index is 1.41. The van der Waals surface area contributed by atoms with E-state index >= 15 is 0 Å². The number of fused-ring (bicyclic) bond motifs is 2. The average Bonchev–Trinajstić information content (AvgIpc) is 3.43. The number of hydrogen-bond acceptors (Lipinski definition) is 8. The van der Waals surface area contributed by atoms with Gasteiger partial charge in [-0.3, -0.25) is 9.59 Å². The molecule has 9 nitrogen and oxygen atoms in total. The molecular weight excluding hydrogens is 438 g/mol. The van der Waals surface area contributed by atoms with Gasteiger partial charge in [-0.15, -0.1) is 0 Å². The number of para-hydroxylation sites is 2. The van der Waals surface area contributed by atoms with E-state index in [0.29, 0.717) is 24.9 Å². The van der Waals surface area contributed by atoms with Crippen molar-refractivity contribution in [1.82, 2.24) is 9.55 Å². The second-order valence-corrected chi connectivity index (χ2v) is 7.88. The number of rotatable bonds is 10. The summed E-state index contributed by atoms with van der Waals surface area (Å²) in [5.41, 5.74) is 3.16. The molecule has 0 aliphatic heterocycles. The van der Waals surface area contributed by atoms with Crippen molar-refractivity contribution in [2.24, 2.45) is 0 Å². The van der Waals surface area contributed by atoms with E-state index in [4.69, 9.17) is 18.6 Å². The van der Waals surface area contributed by atoms with Crippen molar-refractivity contribution in [2.45, 2.75) is 19.4 Å². The monoisotopic (exact) mass is 465 g/mol. The largest absolute Gasteiger partial charge is 0.494 e. The Labute approximate surface area is 196 Å². The van der Waals surface area contributed by atoms with Gasteiger partial charge in [0.2, 0.25) is 0 Å². The lowest BCUT2D eigenvalue weighted by atomic mass is 10.1. The molecule has 0 saturated carbocycles. The molecule has 0 fully saturated rings. The third kappa shape index (κ3) is 5.14. The third-order valence-electron chi connectivity index (χ3n) is 5.54. The van der Waals surface area contributed by atoms with E-state index in [1.54, 1.807) is 10.8 Å². The van der Waals surface area contributed by atoms with Gasteiger partial charge in [0.25, 0.3) is 6.01 Å². The first-order valence-electron chi connectivity index (χ1n) is 10.9. The smallest absolute Gasteiger partial charge is 0.325 e. The number of hydrogen-bond donors (Lipinski definition) is 0. The van der Waals surface area contributed by atoms with Gasteiger partial charge in [-0.25, -0.2) is 0 Å². The van der Waals surface area contributed by atoms with Crippen LogP contribution in [0.1, 0.15) is 12.0 Å². The van der Waals surface area contributed by atoms with Gasteiger partial charge in [0.1, 0.15) is 17.8 Å².